The molecule has 0 N–H and O–H groups in total. The van der Waals surface area contributed by atoms with Gasteiger partial charge in [0.25, 0.3) is 0 Å². The molecule has 0 bridgehead atoms. The summed E-state index contributed by atoms with van der Waals surface area (Å²) in [6, 6.07) is 43.5. The summed E-state index contributed by atoms with van der Waals surface area (Å²) in [6.07, 6.45) is 0.725. The smallest absolute Gasteiger partial charge is 0.210 e. The molecule has 1 aliphatic rings. The summed E-state index contributed by atoms with van der Waals surface area (Å²) in [6.45, 7) is 3.58. The van der Waals surface area contributed by atoms with Gasteiger partial charge >= 0.3 is 0 Å². The maximum atomic E-state index is 6.58. The Labute approximate surface area is 197 Å². The van der Waals surface area contributed by atoms with Crippen LogP contribution in [0.3, 0.4) is 0 Å². The molecule has 0 saturated carbocycles. The molecule has 0 aliphatic carbocycles. The lowest BCUT2D eigenvalue weighted by Gasteiger charge is -2.41. The lowest BCUT2D eigenvalue weighted by Crippen LogP contribution is -2.52. The summed E-state index contributed by atoms with van der Waals surface area (Å²) in [7, 11) is -2.15. The average molecular weight is 454 g/mol. The Balaban J connectivity index is 1.76. The highest BCUT2D eigenvalue weighted by Gasteiger charge is 2.61. The predicted molar refractivity (Wildman–Crippen MR) is 139 cm³/mol. The van der Waals surface area contributed by atoms with Crippen molar-refractivity contribution in [3.63, 3.8) is 0 Å². The van der Waals surface area contributed by atoms with E-state index in [2.05, 4.69) is 128 Å². The van der Waals surface area contributed by atoms with Crippen molar-refractivity contribution in [2.24, 2.45) is 0 Å². The average Bonchev–Trinajstić information content (AvgIpc) is 3.37. The van der Waals surface area contributed by atoms with Gasteiger partial charge in [-0.1, -0.05) is 84.9 Å². The molecule has 0 aromatic heterocycles. The zero-order valence-corrected chi connectivity index (χ0v) is 19.9. The van der Waals surface area contributed by atoms with E-state index in [0.29, 0.717) is 13.2 Å². The Bertz CT molecular complexity index is 1040. The van der Waals surface area contributed by atoms with Crippen molar-refractivity contribution in [1.82, 2.24) is 0 Å². The van der Waals surface area contributed by atoms with Gasteiger partial charge in [-0.3, -0.25) is 0 Å². The normalized spacial score (nSPS) is 16.4. The molecule has 1 fully saturated rings. The number of ether oxygens (including phenoxy) is 2. The van der Waals surface area contributed by atoms with E-state index >= 15 is 0 Å². The Kier molecular flexibility index (Phi) is 6.42. The molecule has 1 heterocycles. The molecule has 5 rings (SSSR count). The van der Waals surface area contributed by atoms with Crippen molar-refractivity contribution in [3.05, 3.63) is 127 Å². The van der Waals surface area contributed by atoms with E-state index in [-0.39, 0.29) is 5.66 Å². The minimum atomic E-state index is -2.15. The lowest BCUT2D eigenvalue weighted by molar-refractivity contribution is -0.154. The summed E-state index contributed by atoms with van der Waals surface area (Å²) in [5.74, 6) is -0.698. The largest absolute Gasteiger partial charge is 0.344 e. The fourth-order valence-electron chi connectivity index (χ4n) is 5.24. The van der Waals surface area contributed by atoms with Gasteiger partial charge < -0.3 is 9.47 Å². The number of hydrogen-bond donors (Lipinski definition) is 0. The molecule has 0 radical (unpaired) electrons. The quantitative estimate of drug-likeness (QED) is 0.351. The van der Waals surface area contributed by atoms with Gasteiger partial charge in [-0.25, -0.2) is 0 Å². The number of benzene rings is 4. The van der Waals surface area contributed by atoms with Gasteiger partial charge in [0, 0.05) is 6.42 Å². The second kappa shape index (κ2) is 9.61. The van der Waals surface area contributed by atoms with Gasteiger partial charge in [-0.2, -0.15) is 0 Å². The molecule has 1 saturated heterocycles. The molecule has 166 valence electrons. The number of hydrogen-bond acceptors (Lipinski definition) is 2. The van der Waals surface area contributed by atoms with Crippen LogP contribution in [0.5, 0.6) is 0 Å². The summed E-state index contributed by atoms with van der Waals surface area (Å²) in [5.41, 5.74) is 1.33. The Hall–Kier alpha value is -2.77. The predicted octanol–water partition coefficient (Wildman–Crippen LogP) is 5.35. The van der Waals surface area contributed by atoms with Gasteiger partial charge in [0.15, 0.2) is 0 Å². The van der Waals surface area contributed by atoms with Gasteiger partial charge in [-0.15, -0.1) is 0 Å². The third kappa shape index (κ3) is 4.04. The van der Waals surface area contributed by atoms with E-state index < -0.39 is 13.0 Å². The molecular weight excluding hydrogens is 423 g/mol. The maximum absolute atomic E-state index is 6.58. The van der Waals surface area contributed by atoms with E-state index in [0.717, 1.165) is 6.42 Å². The zero-order valence-electron chi connectivity index (χ0n) is 19.0. The highest BCUT2D eigenvalue weighted by Crippen LogP contribution is 2.63. The minimum absolute atomic E-state index is 0.0971. The molecule has 4 aromatic carbocycles. The van der Waals surface area contributed by atoms with E-state index in [1.807, 2.05) is 0 Å². The first kappa shape index (κ1) is 22.0. The molecule has 1 atom stereocenters. The van der Waals surface area contributed by atoms with Crippen LogP contribution in [0, 0.1) is 0 Å². The third-order valence-corrected chi connectivity index (χ3v) is 11.7. The van der Waals surface area contributed by atoms with Gasteiger partial charge in [0.05, 0.1) is 13.2 Å². The molecular formula is C30H30O2P+. The van der Waals surface area contributed by atoms with E-state index in [1.165, 1.54) is 21.5 Å². The second-order valence-corrected chi connectivity index (χ2v) is 12.3. The zero-order chi connectivity index (χ0) is 22.6. The molecule has 0 amide bonds. The first-order chi connectivity index (χ1) is 16.3. The highest BCUT2D eigenvalue weighted by atomic mass is 31.2. The van der Waals surface area contributed by atoms with Crippen LogP contribution in [-0.2, 0) is 15.9 Å². The number of rotatable bonds is 7. The van der Waals surface area contributed by atoms with Crippen LogP contribution in [0.4, 0.5) is 0 Å². The molecule has 0 spiro atoms. The van der Waals surface area contributed by atoms with Crippen LogP contribution in [0.2, 0.25) is 0 Å². The standard InChI is InChI=1S/C30H30O2P/c1-25(30(31-22-23-32-30)24-26-14-6-2-7-15-26)33(27-16-8-3-9-17-27,28-18-10-4-11-19-28)29-20-12-5-13-21-29/h2-21,25H,22-24H2,1H3/q+1. The first-order valence-corrected chi connectivity index (χ1v) is 13.5. The van der Waals surface area contributed by atoms with Gasteiger partial charge in [0.1, 0.15) is 28.8 Å². The van der Waals surface area contributed by atoms with E-state index in [9.17, 15) is 0 Å². The molecule has 1 unspecified atom stereocenters. The topological polar surface area (TPSA) is 18.5 Å². The molecule has 33 heavy (non-hydrogen) atoms. The summed E-state index contributed by atoms with van der Waals surface area (Å²) >= 11 is 0. The third-order valence-electron chi connectivity index (χ3n) is 6.78. The van der Waals surface area contributed by atoms with Crippen LogP contribution >= 0.6 is 7.26 Å². The van der Waals surface area contributed by atoms with Crippen molar-refractivity contribution in [3.8, 4) is 0 Å². The van der Waals surface area contributed by atoms with E-state index in [4.69, 9.17) is 9.47 Å². The fourth-order valence-corrected chi connectivity index (χ4v) is 10.2. The lowest BCUT2D eigenvalue weighted by atomic mass is 10.0. The Morgan fingerprint density at radius 2 is 0.970 bits per heavy atom. The molecule has 4 aromatic rings. The Morgan fingerprint density at radius 3 is 1.36 bits per heavy atom. The van der Waals surface area contributed by atoms with Crippen LogP contribution < -0.4 is 15.9 Å². The van der Waals surface area contributed by atoms with Crippen LogP contribution in [0.1, 0.15) is 12.5 Å². The first-order valence-electron chi connectivity index (χ1n) is 11.6. The van der Waals surface area contributed by atoms with Gasteiger partial charge in [0.2, 0.25) is 5.79 Å². The maximum Gasteiger partial charge on any atom is 0.210 e. The fraction of sp³-hybridized carbons (Fsp3) is 0.200. The van der Waals surface area contributed by atoms with Crippen molar-refractivity contribution in [1.29, 1.82) is 0 Å². The summed E-state index contributed by atoms with van der Waals surface area (Å²) in [4.78, 5) is 0. The Morgan fingerprint density at radius 1 is 0.606 bits per heavy atom. The minimum Gasteiger partial charge on any atom is -0.344 e. The molecule has 2 nitrogen and oxygen atoms in total. The summed E-state index contributed by atoms with van der Waals surface area (Å²) in [5, 5.41) is 4.05. The van der Waals surface area contributed by atoms with Gasteiger partial charge in [-0.05, 0) is 48.9 Å². The van der Waals surface area contributed by atoms with Crippen LogP contribution in [-0.4, -0.2) is 24.7 Å². The van der Waals surface area contributed by atoms with Crippen molar-refractivity contribution >= 4 is 23.2 Å². The molecule has 1 aliphatic heterocycles. The van der Waals surface area contributed by atoms with Crippen molar-refractivity contribution in [2.75, 3.05) is 13.2 Å². The summed E-state index contributed by atoms with van der Waals surface area (Å²) < 4.78 is 13.2. The highest BCUT2D eigenvalue weighted by molar-refractivity contribution is 7.96. The molecule has 3 heteroatoms. The second-order valence-electron chi connectivity index (χ2n) is 8.58. The SMILES string of the molecule is CC(C1(Cc2ccccc2)OCCO1)[P+](c1ccccc1)(c1ccccc1)c1ccccc1. The van der Waals surface area contributed by atoms with E-state index in [1.54, 1.807) is 0 Å². The monoisotopic (exact) mass is 453 g/mol. The van der Waals surface area contributed by atoms with Crippen molar-refractivity contribution in [2.45, 2.75) is 24.8 Å². The van der Waals surface area contributed by atoms with Crippen molar-refractivity contribution < 1.29 is 9.47 Å². The van der Waals surface area contributed by atoms with Crippen LogP contribution in [0.15, 0.2) is 121 Å². The van der Waals surface area contributed by atoms with Crippen LogP contribution in [0.25, 0.3) is 0 Å².